The highest BCUT2D eigenvalue weighted by molar-refractivity contribution is 9.10. The summed E-state index contributed by atoms with van der Waals surface area (Å²) in [6.07, 6.45) is 0.0720. The van der Waals surface area contributed by atoms with Crippen LogP contribution in [0.15, 0.2) is 28.7 Å². The van der Waals surface area contributed by atoms with Gasteiger partial charge in [-0.15, -0.1) is 5.06 Å². The Morgan fingerprint density at radius 3 is 2.55 bits per heavy atom. The van der Waals surface area contributed by atoms with Gasteiger partial charge in [0.2, 0.25) is 0 Å². The van der Waals surface area contributed by atoms with Gasteiger partial charge in [0.1, 0.15) is 6.61 Å². The van der Waals surface area contributed by atoms with E-state index in [9.17, 15) is 9.59 Å². The molecule has 0 aliphatic carbocycles. The second-order valence-corrected chi connectivity index (χ2v) is 5.59. The van der Waals surface area contributed by atoms with Crippen molar-refractivity contribution in [3.63, 3.8) is 0 Å². The van der Waals surface area contributed by atoms with Crippen molar-refractivity contribution in [1.82, 2.24) is 5.06 Å². The summed E-state index contributed by atoms with van der Waals surface area (Å²) < 4.78 is 5.99. The molecule has 0 heterocycles. The van der Waals surface area contributed by atoms with Crippen molar-refractivity contribution < 1.29 is 19.2 Å². The molecule has 0 aliphatic rings. The molecule has 0 atom stereocenters. The van der Waals surface area contributed by atoms with Crippen molar-refractivity contribution in [2.75, 3.05) is 18.6 Å². The number of primary amides is 1. The number of carbonyl (C=O) groups excluding carboxylic acids is 2. The molecule has 0 saturated heterocycles. The SMILES string of the molecule is CSCCN(OC(N)=O)C(=O)OCc1ccc(Br)cc1. The zero-order valence-corrected chi connectivity index (χ0v) is 13.3. The smallest absolute Gasteiger partial charge is 0.442 e. The van der Waals surface area contributed by atoms with Crippen molar-refractivity contribution in [2.24, 2.45) is 5.73 Å². The maximum Gasteiger partial charge on any atom is 0.443 e. The lowest BCUT2D eigenvalue weighted by Gasteiger charge is -2.19. The van der Waals surface area contributed by atoms with E-state index < -0.39 is 12.2 Å². The first-order chi connectivity index (χ1) is 9.52. The highest BCUT2D eigenvalue weighted by Gasteiger charge is 2.18. The summed E-state index contributed by atoms with van der Waals surface area (Å²) in [5.41, 5.74) is 5.73. The van der Waals surface area contributed by atoms with Gasteiger partial charge in [-0.1, -0.05) is 28.1 Å². The van der Waals surface area contributed by atoms with E-state index in [1.54, 1.807) is 0 Å². The molecule has 8 heteroatoms. The molecule has 0 saturated carbocycles. The molecule has 20 heavy (non-hydrogen) atoms. The lowest BCUT2D eigenvalue weighted by Crippen LogP contribution is -2.37. The van der Waals surface area contributed by atoms with Crippen LogP contribution in [-0.2, 0) is 16.2 Å². The third kappa shape index (κ3) is 6.16. The van der Waals surface area contributed by atoms with Gasteiger partial charge in [0, 0.05) is 10.2 Å². The summed E-state index contributed by atoms with van der Waals surface area (Å²) in [6.45, 7) is 0.299. The van der Waals surface area contributed by atoms with E-state index in [1.165, 1.54) is 11.8 Å². The van der Waals surface area contributed by atoms with Gasteiger partial charge in [-0.25, -0.2) is 9.59 Å². The lowest BCUT2D eigenvalue weighted by molar-refractivity contribution is -0.0778. The lowest BCUT2D eigenvalue weighted by atomic mass is 10.2. The van der Waals surface area contributed by atoms with Crippen LogP contribution in [-0.4, -0.2) is 35.8 Å². The predicted molar refractivity (Wildman–Crippen MR) is 80.1 cm³/mol. The van der Waals surface area contributed by atoms with Gasteiger partial charge in [0.05, 0.1) is 6.54 Å². The monoisotopic (exact) mass is 362 g/mol. The van der Waals surface area contributed by atoms with Crippen LogP contribution < -0.4 is 5.73 Å². The van der Waals surface area contributed by atoms with Gasteiger partial charge in [-0.3, -0.25) is 0 Å². The molecule has 0 fully saturated rings. The highest BCUT2D eigenvalue weighted by atomic mass is 79.9. The predicted octanol–water partition coefficient (Wildman–Crippen LogP) is 2.76. The fourth-order valence-corrected chi connectivity index (χ4v) is 1.87. The summed E-state index contributed by atoms with van der Waals surface area (Å²) in [5.74, 6) is 0.598. The number of carbonyl (C=O) groups is 2. The molecule has 1 aromatic carbocycles. The minimum absolute atomic E-state index is 0.0873. The minimum Gasteiger partial charge on any atom is -0.442 e. The van der Waals surface area contributed by atoms with E-state index in [-0.39, 0.29) is 13.2 Å². The van der Waals surface area contributed by atoms with Gasteiger partial charge in [0.15, 0.2) is 0 Å². The van der Waals surface area contributed by atoms with Gasteiger partial charge < -0.3 is 15.3 Å². The van der Waals surface area contributed by atoms with Crippen molar-refractivity contribution in [1.29, 1.82) is 0 Å². The Bertz CT molecular complexity index is 455. The van der Waals surface area contributed by atoms with E-state index in [1.807, 2.05) is 30.5 Å². The number of amides is 2. The Balaban J connectivity index is 2.51. The fraction of sp³-hybridized carbons (Fsp3) is 0.333. The van der Waals surface area contributed by atoms with E-state index in [0.717, 1.165) is 15.1 Å². The van der Waals surface area contributed by atoms with E-state index in [2.05, 4.69) is 20.8 Å². The number of hydroxylamine groups is 2. The minimum atomic E-state index is -1.05. The van der Waals surface area contributed by atoms with Crippen molar-refractivity contribution >= 4 is 39.9 Å². The van der Waals surface area contributed by atoms with Crippen LogP contribution in [0, 0.1) is 0 Å². The first kappa shape index (κ1) is 16.6. The van der Waals surface area contributed by atoms with Crippen LogP contribution in [0.4, 0.5) is 9.59 Å². The van der Waals surface area contributed by atoms with Gasteiger partial charge in [-0.05, 0) is 24.0 Å². The molecule has 0 unspecified atom stereocenters. The standard InChI is InChI=1S/C12H15BrN2O4S/c1-20-7-6-15(19-11(14)16)12(17)18-8-9-2-4-10(13)5-3-9/h2-5H,6-8H2,1H3,(H2,14,16). The molecule has 6 nitrogen and oxygen atoms in total. The zero-order chi connectivity index (χ0) is 15.0. The number of benzene rings is 1. The number of halogens is 1. The maximum absolute atomic E-state index is 11.8. The average Bonchev–Trinajstić information content (AvgIpc) is 2.42. The topological polar surface area (TPSA) is 81.9 Å². The number of thioether (sulfide) groups is 1. The van der Waals surface area contributed by atoms with E-state index in [0.29, 0.717) is 5.75 Å². The number of hydrogen-bond donors (Lipinski definition) is 1. The molecule has 2 N–H and O–H groups in total. The highest BCUT2D eigenvalue weighted by Crippen LogP contribution is 2.12. The van der Waals surface area contributed by atoms with Crippen LogP contribution in [0.3, 0.4) is 0 Å². The zero-order valence-electron chi connectivity index (χ0n) is 10.9. The second-order valence-electron chi connectivity index (χ2n) is 3.69. The molecular weight excluding hydrogens is 348 g/mol. The summed E-state index contributed by atoms with van der Waals surface area (Å²) in [4.78, 5) is 27.1. The molecule has 0 spiro atoms. The van der Waals surface area contributed by atoms with Crippen LogP contribution >= 0.6 is 27.7 Å². The molecule has 1 rings (SSSR count). The Labute approximate surface area is 129 Å². The number of hydrogen-bond acceptors (Lipinski definition) is 5. The third-order valence-electron chi connectivity index (χ3n) is 2.18. The molecule has 2 amide bonds. The van der Waals surface area contributed by atoms with Crippen LogP contribution in [0.5, 0.6) is 0 Å². The van der Waals surface area contributed by atoms with Crippen LogP contribution in [0.1, 0.15) is 5.56 Å². The molecule has 110 valence electrons. The van der Waals surface area contributed by atoms with Gasteiger partial charge >= 0.3 is 12.2 Å². The molecule has 1 aromatic rings. The maximum atomic E-state index is 11.8. The molecule has 0 aliphatic heterocycles. The van der Waals surface area contributed by atoms with Gasteiger partial charge in [0.25, 0.3) is 0 Å². The summed E-state index contributed by atoms with van der Waals surface area (Å²) in [7, 11) is 0. The van der Waals surface area contributed by atoms with Crippen LogP contribution in [0.25, 0.3) is 0 Å². The average molecular weight is 363 g/mol. The fourth-order valence-electron chi connectivity index (χ4n) is 1.25. The summed E-state index contributed by atoms with van der Waals surface area (Å²) >= 11 is 4.82. The number of nitrogens with zero attached hydrogens (tertiary/aromatic N) is 1. The number of ether oxygens (including phenoxy) is 1. The Kier molecular flexibility index (Phi) is 7.24. The van der Waals surface area contributed by atoms with Crippen molar-refractivity contribution in [2.45, 2.75) is 6.61 Å². The number of rotatable bonds is 5. The molecular formula is C12H15BrN2O4S. The van der Waals surface area contributed by atoms with E-state index >= 15 is 0 Å². The van der Waals surface area contributed by atoms with E-state index in [4.69, 9.17) is 10.5 Å². The van der Waals surface area contributed by atoms with Crippen molar-refractivity contribution in [3.8, 4) is 0 Å². The van der Waals surface area contributed by atoms with Crippen molar-refractivity contribution in [3.05, 3.63) is 34.3 Å². The largest absolute Gasteiger partial charge is 0.443 e. The second kappa shape index (κ2) is 8.70. The Morgan fingerprint density at radius 1 is 1.35 bits per heavy atom. The third-order valence-corrected chi connectivity index (χ3v) is 3.30. The van der Waals surface area contributed by atoms with Gasteiger partial charge in [-0.2, -0.15) is 11.8 Å². The number of nitrogens with two attached hydrogens (primary N) is 1. The van der Waals surface area contributed by atoms with Crippen LogP contribution in [0.2, 0.25) is 0 Å². The first-order valence-corrected chi connectivity index (χ1v) is 7.86. The Morgan fingerprint density at radius 2 is 2.00 bits per heavy atom. The first-order valence-electron chi connectivity index (χ1n) is 5.68. The summed E-state index contributed by atoms with van der Waals surface area (Å²) in [5, 5.41) is 0.817. The summed E-state index contributed by atoms with van der Waals surface area (Å²) in [6, 6.07) is 7.32. The molecule has 0 bridgehead atoms. The normalized spacial score (nSPS) is 9.90. The quantitative estimate of drug-likeness (QED) is 0.814. The molecule has 0 aromatic heterocycles. The Hall–Kier alpha value is -1.41. The molecule has 0 radical (unpaired) electrons.